The van der Waals surface area contributed by atoms with E-state index >= 15 is 4.39 Å². The van der Waals surface area contributed by atoms with Gasteiger partial charge in [-0.05, 0) is 81.0 Å². The summed E-state index contributed by atoms with van der Waals surface area (Å²) in [4.78, 5) is 108. The number of nitrogens with zero attached hydrogens (tertiary/aromatic N) is 3. The van der Waals surface area contributed by atoms with E-state index in [9.17, 15) is 43.5 Å². The average molecular weight is 884 g/mol. The molecule has 3 aliphatic heterocycles. The number of fused-ring (bicyclic) bond motifs is 5. The normalized spacial score (nSPS) is 19.2. The molecule has 5 N–H and O–H groups in total. The molecule has 5 heterocycles. The Balaban J connectivity index is 0.941. The Bertz CT molecular complexity index is 2550. The van der Waals surface area contributed by atoms with E-state index in [2.05, 4.69) is 21.3 Å². The number of aliphatic hydroxyl groups is 1. The first-order chi connectivity index (χ1) is 30.4. The summed E-state index contributed by atoms with van der Waals surface area (Å²) in [5.41, 5.74) is 1.67. The molecule has 0 radical (unpaired) electrons. The minimum Gasteiger partial charge on any atom is -0.458 e. The lowest BCUT2D eigenvalue weighted by Crippen LogP contribution is -2.54. The van der Waals surface area contributed by atoms with Crippen molar-refractivity contribution in [2.75, 3.05) is 13.1 Å². The summed E-state index contributed by atoms with van der Waals surface area (Å²) in [5, 5.41) is 23.3. The number of amides is 6. The fraction of sp³-hybridized carbons (Fsp3) is 0.500. The zero-order valence-corrected chi connectivity index (χ0v) is 36.7. The molecule has 0 bridgehead atoms. The zero-order valence-electron chi connectivity index (χ0n) is 36.7. The zero-order chi connectivity index (χ0) is 46.2. The quantitative estimate of drug-likeness (QED) is 0.0588. The number of rotatable bonds is 17. The molecular weight excluding hydrogens is 830 g/mol. The van der Waals surface area contributed by atoms with Crippen LogP contribution in [0.25, 0.3) is 22.3 Å². The molecule has 0 spiro atoms. The lowest BCUT2D eigenvalue weighted by molar-refractivity contribution is -0.172. The molecule has 17 nitrogen and oxygen atoms in total. The van der Waals surface area contributed by atoms with Crippen molar-refractivity contribution in [2.45, 2.75) is 129 Å². The van der Waals surface area contributed by atoms with Crippen LogP contribution in [0.2, 0.25) is 0 Å². The van der Waals surface area contributed by atoms with E-state index in [1.165, 1.54) is 29.7 Å². The number of hydrogen-bond donors (Lipinski definition) is 5. The van der Waals surface area contributed by atoms with Crippen molar-refractivity contribution >= 4 is 52.3 Å². The van der Waals surface area contributed by atoms with E-state index in [4.69, 9.17) is 9.72 Å². The summed E-state index contributed by atoms with van der Waals surface area (Å²) in [6.07, 6.45) is 5.45. The van der Waals surface area contributed by atoms with Crippen molar-refractivity contribution in [3.05, 3.63) is 73.8 Å². The molecule has 340 valence electrons. The van der Waals surface area contributed by atoms with Gasteiger partial charge in [0.15, 0.2) is 5.60 Å². The Morgan fingerprint density at radius 2 is 1.66 bits per heavy atom. The molecule has 7 rings (SSSR count). The maximum Gasteiger partial charge on any atom is 0.343 e. The first-order valence-electron chi connectivity index (χ1n) is 22.0. The van der Waals surface area contributed by atoms with Crippen molar-refractivity contribution in [3.63, 3.8) is 0 Å². The molecule has 0 fully saturated rings. The molecule has 2 aromatic heterocycles. The molecule has 0 unspecified atom stereocenters. The van der Waals surface area contributed by atoms with E-state index in [1.54, 1.807) is 33.8 Å². The van der Waals surface area contributed by atoms with E-state index < -0.39 is 52.9 Å². The summed E-state index contributed by atoms with van der Waals surface area (Å²) >= 11 is 0. The van der Waals surface area contributed by atoms with E-state index in [0.717, 1.165) is 16.0 Å². The number of ether oxygens (including phenoxy) is 1. The fourth-order valence-corrected chi connectivity index (χ4v) is 9.11. The summed E-state index contributed by atoms with van der Waals surface area (Å²) in [6.45, 7) is 8.61. The Morgan fingerprint density at radius 3 is 2.36 bits per heavy atom. The van der Waals surface area contributed by atoms with E-state index in [0.29, 0.717) is 65.5 Å². The predicted molar refractivity (Wildman–Crippen MR) is 229 cm³/mol. The van der Waals surface area contributed by atoms with Crippen LogP contribution in [0.3, 0.4) is 0 Å². The lowest BCUT2D eigenvalue weighted by atomic mass is 9.81. The van der Waals surface area contributed by atoms with Crippen LogP contribution in [-0.2, 0) is 63.5 Å². The molecule has 0 saturated heterocycles. The lowest BCUT2D eigenvalue weighted by Gasteiger charge is -2.31. The van der Waals surface area contributed by atoms with Gasteiger partial charge in [0.05, 0.1) is 35.1 Å². The standard InChI is InChI=1S/C46H54FN7O10/c1-6-46(63)29-19-33-41-27(21-54(33)44(61)28(29)22-64-45(46)62)39-31(14-13-26-24(4)30(47)20-32(51-41)38(26)39)50-34(55)12-10-17-48-42(59)25(5)49-43(60)40(23(2)3)52-35(56)11-8-7-9-18-53-36(57)15-16-37(53)58/h15-16,19-20,23,25,31,40,63H,6-14,17-18,21-22H2,1-5H3,(H,48,59)(H,49,60)(H,50,55)(H,52,56)/t25-,31-,40-,46-/m0/s1. The number of benzene rings is 1. The molecule has 1 aliphatic carbocycles. The number of carbonyl (C=O) groups excluding carboxylic acids is 7. The largest absolute Gasteiger partial charge is 0.458 e. The minimum absolute atomic E-state index is 0.0225. The number of pyridine rings is 2. The third-order valence-corrected chi connectivity index (χ3v) is 12.8. The summed E-state index contributed by atoms with van der Waals surface area (Å²) in [6, 6.07) is 0.594. The predicted octanol–water partition coefficient (Wildman–Crippen LogP) is 2.66. The highest BCUT2D eigenvalue weighted by Crippen LogP contribution is 2.46. The molecule has 1 aromatic carbocycles. The van der Waals surface area contributed by atoms with Crippen molar-refractivity contribution in [1.29, 1.82) is 0 Å². The van der Waals surface area contributed by atoms with Crippen LogP contribution in [-0.4, -0.2) is 86.1 Å². The van der Waals surface area contributed by atoms with Crippen LogP contribution in [0.15, 0.2) is 29.1 Å². The van der Waals surface area contributed by atoms with E-state index in [1.807, 2.05) is 0 Å². The maximum atomic E-state index is 15.3. The number of halogens is 1. The van der Waals surface area contributed by atoms with Crippen molar-refractivity contribution in [3.8, 4) is 11.4 Å². The monoisotopic (exact) mass is 883 g/mol. The van der Waals surface area contributed by atoms with Crippen molar-refractivity contribution in [2.24, 2.45) is 5.92 Å². The second-order valence-electron chi connectivity index (χ2n) is 17.4. The molecule has 4 aliphatic rings. The second-order valence-corrected chi connectivity index (χ2v) is 17.4. The third kappa shape index (κ3) is 8.66. The molecule has 6 amide bonds. The number of hydrogen-bond acceptors (Lipinski definition) is 11. The number of cyclic esters (lactones) is 1. The second kappa shape index (κ2) is 18.4. The highest BCUT2D eigenvalue weighted by molar-refractivity contribution is 6.12. The van der Waals surface area contributed by atoms with Crippen LogP contribution >= 0.6 is 0 Å². The summed E-state index contributed by atoms with van der Waals surface area (Å²) < 4.78 is 22.0. The number of aromatic nitrogens is 2. The first kappa shape index (κ1) is 45.7. The van der Waals surface area contributed by atoms with Gasteiger partial charge in [-0.15, -0.1) is 0 Å². The Kier molecular flexibility index (Phi) is 13.2. The fourth-order valence-electron chi connectivity index (χ4n) is 9.11. The van der Waals surface area contributed by atoms with Gasteiger partial charge in [0.25, 0.3) is 17.4 Å². The van der Waals surface area contributed by atoms with Gasteiger partial charge in [-0.2, -0.15) is 0 Å². The number of aryl methyl sites for hydroxylation is 1. The average Bonchev–Trinajstić information content (AvgIpc) is 3.79. The Hall–Kier alpha value is -6.30. The molecule has 18 heteroatoms. The van der Waals surface area contributed by atoms with Crippen LogP contribution < -0.4 is 26.8 Å². The topological polar surface area (TPSA) is 235 Å². The third-order valence-electron chi connectivity index (χ3n) is 12.8. The molecule has 64 heavy (non-hydrogen) atoms. The van der Waals surface area contributed by atoms with Crippen molar-refractivity contribution in [1.82, 2.24) is 35.7 Å². The van der Waals surface area contributed by atoms with Gasteiger partial charge < -0.3 is 35.7 Å². The Morgan fingerprint density at radius 1 is 0.938 bits per heavy atom. The SMILES string of the molecule is CC[C@@]1(O)C(=O)OCc2c1cc1n(c2=O)Cc2c-1nc1cc(F)c(C)c3c1c2[C@@H](NC(=O)CCCNC(=O)[C@H](C)NC(=O)[C@@H](NC(=O)CCCCCN1C(=O)C=CC1=O)C(C)C)CC3. The van der Waals surface area contributed by atoms with Crippen LogP contribution in [0.5, 0.6) is 0 Å². The van der Waals surface area contributed by atoms with Crippen LogP contribution in [0.1, 0.15) is 118 Å². The highest BCUT2D eigenvalue weighted by atomic mass is 19.1. The number of nitrogens with one attached hydrogen (secondary N) is 4. The molecular formula is C46H54FN7O10. The number of esters is 1. The highest BCUT2D eigenvalue weighted by Gasteiger charge is 2.46. The van der Waals surface area contributed by atoms with Crippen LogP contribution in [0, 0.1) is 18.7 Å². The number of carbonyl (C=O) groups is 7. The van der Waals surface area contributed by atoms with Gasteiger partial charge in [-0.25, -0.2) is 14.2 Å². The van der Waals surface area contributed by atoms with Crippen molar-refractivity contribution < 1.29 is 47.8 Å². The number of unbranched alkanes of at least 4 members (excludes halogenated alkanes) is 2. The maximum absolute atomic E-state index is 15.3. The van der Waals surface area contributed by atoms with Gasteiger partial charge in [-0.3, -0.25) is 38.5 Å². The number of imide groups is 1. The van der Waals surface area contributed by atoms with E-state index in [-0.39, 0.29) is 92.6 Å². The van der Waals surface area contributed by atoms with Gasteiger partial charge >= 0.3 is 5.97 Å². The molecule has 0 saturated carbocycles. The minimum atomic E-state index is -2.02. The van der Waals surface area contributed by atoms with Crippen LogP contribution in [0.4, 0.5) is 4.39 Å². The van der Waals surface area contributed by atoms with Gasteiger partial charge in [-0.1, -0.05) is 27.2 Å². The molecule has 3 aromatic rings. The molecule has 4 atom stereocenters. The Labute approximate surface area is 368 Å². The smallest absolute Gasteiger partial charge is 0.343 e. The summed E-state index contributed by atoms with van der Waals surface area (Å²) in [5.74, 6) is -3.88. The van der Waals surface area contributed by atoms with Gasteiger partial charge in [0, 0.05) is 60.7 Å². The van der Waals surface area contributed by atoms with Gasteiger partial charge in [0.2, 0.25) is 23.6 Å². The first-order valence-corrected chi connectivity index (χ1v) is 22.0. The summed E-state index contributed by atoms with van der Waals surface area (Å²) in [7, 11) is 0. The van der Waals surface area contributed by atoms with Gasteiger partial charge in [0.1, 0.15) is 24.5 Å².